The van der Waals surface area contributed by atoms with E-state index in [0.717, 1.165) is 11.4 Å². The van der Waals surface area contributed by atoms with Gasteiger partial charge in [0, 0.05) is 11.4 Å². The largest absolute Gasteiger partial charge is 0.356 e. The third-order valence-electron chi connectivity index (χ3n) is 2.36. The van der Waals surface area contributed by atoms with Gasteiger partial charge in [-0.1, -0.05) is 61.2 Å². The third-order valence-corrected chi connectivity index (χ3v) is 2.36. The maximum Gasteiger partial charge on any atom is 0.0384 e. The SMILES string of the molecule is C=C(C=Cc1ccccc1)Nc1ccccc1. The van der Waals surface area contributed by atoms with Crippen LogP contribution in [0, 0.1) is 0 Å². The zero-order valence-corrected chi connectivity index (χ0v) is 9.64. The minimum absolute atomic E-state index is 0.875. The Hall–Kier alpha value is -2.28. The highest BCUT2D eigenvalue weighted by Gasteiger charge is 1.90. The van der Waals surface area contributed by atoms with Crippen LogP contribution in [0.25, 0.3) is 6.08 Å². The van der Waals surface area contributed by atoms with E-state index in [0.29, 0.717) is 0 Å². The molecule has 0 aliphatic heterocycles. The molecule has 2 aromatic carbocycles. The van der Waals surface area contributed by atoms with Gasteiger partial charge in [-0.25, -0.2) is 0 Å². The summed E-state index contributed by atoms with van der Waals surface area (Å²) < 4.78 is 0. The van der Waals surface area contributed by atoms with Crippen molar-refractivity contribution in [2.75, 3.05) is 5.32 Å². The van der Waals surface area contributed by atoms with Gasteiger partial charge in [-0.05, 0) is 23.8 Å². The Labute approximate surface area is 102 Å². The Kier molecular flexibility index (Phi) is 3.77. The second-order valence-corrected chi connectivity index (χ2v) is 3.76. The van der Waals surface area contributed by atoms with E-state index in [-0.39, 0.29) is 0 Å². The van der Waals surface area contributed by atoms with Crippen LogP contribution < -0.4 is 5.32 Å². The van der Waals surface area contributed by atoms with Gasteiger partial charge in [-0.15, -0.1) is 0 Å². The molecule has 1 heteroatoms. The molecule has 0 unspecified atom stereocenters. The molecular weight excluding hydrogens is 206 g/mol. The summed E-state index contributed by atoms with van der Waals surface area (Å²) in [6.07, 6.45) is 4.01. The zero-order chi connectivity index (χ0) is 11.9. The fourth-order valence-corrected chi connectivity index (χ4v) is 1.51. The molecule has 17 heavy (non-hydrogen) atoms. The van der Waals surface area contributed by atoms with Gasteiger partial charge in [0.15, 0.2) is 0 Å². The lowest BCUT2D eigenvalue weighted by Gasteiger charge is -2.04. The highest BCUT2D eigenvalue weighted by molar-refractivity contribution is 5.57. The smallest absolute Gasteiger partial charge is 0.0384 e. The van der Waals surface area contributed by atoms with Crippen molar-refractivity contribution in [2.24, 2.45) is 0 Å². The molecule has 0 saturated carbocycles. The van der Waals surface area contributed by atoms with Gasteiger partial charge < -0.3 is 5.32 Å². The van der Waals surface area contributed by atoms with Crippen LogP contribution >= 0.6 is 0 Å². The van der Waals surface area contributed by atoms with Crippen molar-refractivity contribution in [1.82, 2.24) is 0 Å². The second kappa shape index (κ2) is 5.71. The summed E-state index contributed by atoms with van der Waals surface area (Å²) in [4.78, 5) is 0. The van der Waals surface area contributed by atoms with Crippen molar-refractivity contribution in [3.63, 3.8) is 0 Å². The van der Waals surface area contributed by atoms with E-state index < -0.39 is 0 Å². The Balaban J connectivity index is 1.96. The summed E-state index contributed by atoms with van der Waals surface area (Å²) >= 11 is 0. The molecule has 0 heterocycles. The number of allylic oxidation sites excluding steroid dienone is 1. The van der Waals surface area contributed by atoms with Gasteiger partial charge in [0.1, 0.15) is 0 Å². The average Bonchev–Trinajstić information content (AvgIpc) is 2.39. The number of anilines is 1. The number of hydrogen-bond donors (Lipinski definition) is 1. The fourth-order valence-electron chi connectivity index (χ4n) is 1.51. The van der Waals surface area contributed by atoms with Crippen molar-refractivity contribution in [3.05, 3.63) is 84.6 Å². The van der Waals surface area contributed by atoms with Crippen LogP contribution in [0.2, 0.25) is 0 Å². The van der Waals surface area contributed by atoms with Crippen molar-refractivity contribution in [2.45, 2.75) is 0 Å². The predicted molar refractivity (Wildman–Crippen MR) is 74.7 cm³/mol. The maximum absolute atomic E-state index is 3.97. The quantitative estimate of drug-likeness (QED) is 0.758. The summed E-state index contributed by atoms with van der Waals surface area (Å²) in [5.74, 6) is 0. The second-order valence-electron chi connectivity index (χ2n) is 3.76. The van der Waals surface area contributed by atoms with Gasteiger partial charge in [0.25, 0.3) is 0 Å². The molecule has 0 amide bonds. The van der Waals surface area contributed by atoms with Crippen LogP contribution in [0.5, 0.6) is 0 Å². The van der Waals surface area contributed by atoms with Crippen molar-refractivity contribution in [1.29, 1.82) is 0 Å². The van der Waals surface area contributed by atoms with Crippen LogP contribution in [0.15, 0.2) is 79.0 Å². The predicted octanol–water partition coefficient (Wildman–Crippen LogP) is 4.33. The lowest BCUT2D eigenvalue weighted by atomic mass is 10.2. The first-order valence-corrected chi connectivity index (χ1v) is 5.59. The molecule has 0 aromatic heterocycles. The molecule has 0 aliphatic rings. The number of para-hydroxylation sites is 1. The molecule has 0 bridgehead atoms. The summed E-state index contributed by atoms with van der Waals surface area (Å²) in [5.41, 5.74) is 3.10. The van der Waals surface area contributed by atoms with Crippen LogP contribution in [0.3, 0.4) is 0 Å². The average molecular weight is 221 g/mol. The van der Waals surface area contributed by atoms with E-state index in [1.54, 1.807) is 0 Å². The topological polar surface area (TPSA) is 12.0 Å². The van der Waals surface area contributed by atoms with Gasteiger partial charge >= 0.3 is 0 Å². The number of nitrogens with one attached hydrogen (secondary N) is 1. The van der Waals surface area contributed by atoms with E-state index in [2.05, 4.69) is 24.0 Å². The number of benzene rings is 2. The fraction of sp³-hybridized carbons (Fsp3) is 0. The lowest BCUT2D eigenvalue weighted by molar-refractivity contribution is 1.50. The number of rotatable bonds is 4. The molecule has 1 nitrogen and oxygen atoms in total. The van der Waals surface area contributed by atoms with Gasteiger partial charge in [-0.3, -0.25) is 0 Å². The molecule has 0 atom stereocenters. The monoisotopic (exact) mass is 221 g/mol. The van der Waals surface area contributed by atoms with Crippen LogP contribution in [-0.2, 0) is 0 Å². The van der Waals surface area contributed by atoms with Crippen molar-refractivity contribution >= 4 is 11.8 Å². The standard InChI is InChI=1S/C16H15N/c1-14(17-16-10-6-3-7-11-16)12-13-15-8-4-2-5-9-15/h2-13,17H,1H2. The number of hydrogen-bond acceptors (Lipinski definition) is 1. The summed E-state index contributed by atoms with van der Waals surface area (Å²) in [5, 5.41) is 3.23. The molecule has 0 fully saturated rings. The van der Waals surface area contributed by atoms with Gasteiger partial charge in [-0.2, -0.15) is 0 Å². The van der Waals surface area contributed by atoms with Gasteiger partial charge in [0.05, 0.1) is 0 Å². The van der Waals surface area contributed by atoms with Crippen LogP contribution in [0.1, 0.15) is 5.56 Å². The Morgan fingerprint density at radius 3 is 2.12 bits per heavy atom. The maximum atomic E-state index is 3.97. The molecule has 1 N–H and O–H groups in total. The molecule has 2 rings (SSSR count). The van der Waals surface area contributed by atoms with Crippen LogP contribution in [-0.4, -0.2) is 0 Å². The molecule has 0 aliphatic carbocycles. The van der Waals surface area contributed by atoms with E-state index in [1.165, 1.54) is 5.56 Å². The molecule has 0 radical (unpaired) electrons. The first-order chi connectivity index (χ1) is 8.34. The summed E-state index contributed by atoms with van der Waals surface area (Å²) in [6.45, 7) is 3.97. The Morgan fingerprint density at radius 2 is 1.47 bits per heavy atom. The van der Waals surface area contributed by atoms with E-state index >= 15 is 0 Å². The van der Waals surface area contributed by atoms with Crippen molar-refractivity contribution < 1.29 is 0 Å². The highest BCUT2D eigenvalue weighted by Crippen LogP contribution is 2.10. The summed E-state index contributed by atoms with van der Waals surface area (Å²) in [7, 11) is 0. The summed E-state index contributed by atoms with van der Waals surface area (Å²) in [6, 6.07) is 20.2. The van der Waals surface area contributed by atoms with Crippen LogP contribution in [0.4, 0.5) is 5.69 Å². The molecular formula is C16H15N. The first-order valence-electron chi connectivity index (χ1n) is 5.59. The molecule has 84 valence electrons. The normalized spacial score (nSPS) is 10.4. The minimum atomic E-state index is 0.875. The minimum Gasteiger partial charge on any atom is -0.356 e. The molecule has 0 saturated heterocycles. The van der Waals surface area contributed by atoms with E-state index in [9.17, 15) is 0 Å². The zero-order valence-electron chi connectivity index (χ0n) is 9.64. The Bertz CT molecular complexity index is 498. The first kappa shape index (κ1) is 11.2. The van der Waals surface area contributed by atoms with Crippen molar-refractivity contribution in [3.8, 4) is 0 Å². The van der Waals surface area contributed by atoms with E-state index in [1.807, 2.05) is 60.7 Å². The van der Waals surface area contributed by atoms with E-state index in [4.69, 9.17) is 0 Å². The third kappa shape index (κ3) is 3.65. The lowest BCUT2D eigenvalue weighted by Crippen LogP contribution is -1.93. The molecule has 0 spiro atoms. The van der Waals surface area contributed by atoms with Gasteiger partial charge in [0.2, 0.25) is 0 Å². The Morgan fingerprint density at radius 1 is 0.882 bits per heavy atom. The molecule has 2 aromatic rings. The highest BCUT2D eigenvalue weighted by atomic mass is 14.9.